The average Bonchev–Trinajstić information content (AvgIpc) is 2.86. The topological polar surface area (TPSA) is 68.3 Å². The summed E-state index contributed by atoms with van der Waals surface area (Å²) in [6.45, 7) is 1.76. The molecule has 0 saturated carbocycles. The van der Waals surface area contributed by atoms with Gasteiger partial charge in [0.15, 0.2) is 0 Å². The third kappa shape index (κ3) is 2.79. The van der Waals surface area contributed by atoms with E-state index in [1.807, 2.05) is 4.90 Å². The van der Waals surface area contributed by atoms with Crippen molar-refractivity contribution in [2.75, 3.05) is 13.1 Å². The van der Waals surface area contributed by atoms with Gasteiger partial charge in [-0.1, -0.05) is 6.07 Å². The van der Waals surface area contributed by atoms with Gasteiger partial charge in [0.2, 0.25) is 5.91 Å². The molecule has 5 heteroatoms. The van der Waals surface area contributed by atoms with E-state index in [0.717, 1.165) is 19.4 Å². The van der Waals surface area contributed by atoms with E-state index in [4.69, 9.17) is 5.73 Å². The van der Waals surface area contributed by atoms with Gasteiger partial charge in [0.1, 0.15) is 0 Å². The maximum Gasteiger partial charge on any atom is 0.250 e. The fraction of sp³-hybridized carbons (Fsp3) is 0.538. The van der Waals surface area contributed by atoms with Crippen LogP contribution in [0.4, 0.5) is 0 Å². The monoisotopic (exact) mass is 249 g/mol. The molecule has 0 radical (unpaired) electrons. The number of nitrogens with zero attached hydrogens (tertiary/aromatic N) is 2. The Morgan fingerprint density at radius 1 is 1.44 bits per heavy atom. The summed E-state index contributed by atoms with van der Waals surface area (Å²) in [5.41, 5.74) is 5.58. The normalized spacial score (nSPS) is 19.2. The molecule has 0 aliphatic carbocycles. The lowest BCUT2D eigenvalue weighted by Crippen LogP contribution is -2.40. The molecule has 5 nitrogen and oxygen atoms in total. The van der Waals surface area contributed by atoms with Crippen LogP contribution in [0.3, 0.4) is 0 Å². The Bertz CT molecular complexity index is 469. The average molecular weight is 249 g/mol. The molecule has 0 unspecified atom stereocenters. The van der Waals surface area contributed by atoms with E-state index >= 15 is 0 Å². The number of rotatable bonds is 4. The molecule has 1 atom stereocenters. The highest BCUT2D eigenvalue weighted by Crippen LogP contribution is 2.17. The van der Waals surface area contributed by atoms with Gasteiger partial charge in [0.05, 0.1) is 0 Å². The zero-order valence-corrected chi connectivity index (χ0v) is 10.4. The molecule has 1 fully saturated rings. The summed E-state index contributed by atoms with van der Waals surface area (Å²) in [5.74, 6) is 0.0960. The van der Waals surface area contributed by atoms with E-state index in [-0.39, 0.29) is 17.5 Å². The number of nitrogens with two attached hydrogens (primary N) is 1. The third-order valence-electron chi connectivity index (χ3n) is 3.44. The Morgan fingerprint density at radius 3 is 3.00 bits per heavy atom. The summed E-state index contributed by atoms with van der Waals surface area (Å²) in [5, 5.41) is 0. The van der Waals surface area contributed by atoms with Crippen LogP contribution in [0.2, 0.25) is 0 Å². The van der Waals surface area contributed by atoms with Crippen molar-refractivity contribution in [3.05, 3.63) is 34.7 Å². The molecule has 2 N–H and O–H groups in total. The summed E-state index contributed by atoms with van der Waals surface area (Å²) >= 11 is 0. The maximum absolute atomic E-state index is 12.1. The Labute approximate surface area is 106 Å². The Morgan fingerprint density at radius 2 is 2.28 bits per heavy atom. The van der Waals surface area contributed by atoms with Crippen molar-refractivity contribution in [1.29, 1.82) is 0 Å². The zero-order valence-electron chi connectivity index (χ0n) is 10.4. The fourth-order valence-corrected chi connectivity index (χ4v) is 2.41. The molecule has 2 heterocycles. The molecule has 1 saturated heterocycles. The molecule has 1 amide bonds. The lowest BCUT2D eigenvalue weighted by atomic mass is 10.2. The molecule has 98 valence electrons. The first kappa shape index (κ1) is 12.8. The highest BCUT2D eigenvalue weighted by molar-refractivity contribution is 5.76. The van der Waals surface area contributed by atoms with Gasteiger partial charge in [0.25, 0.3) is 5.56 Å². The van der Waals surface area contributed by atoms with Gasteiger partial charge in [0, 0.05) is 44.4 Å². The van der Waals surface area contributed by atoms with Crippen LogP contribution in [0, 0.1) is 0 Å². The Kier molecular flexibility index (Phi) is 4.15. The largest absolute Gasteiger partial charge is 0.338 e. The van der Waals surface area contributed by atoms with Crippen LogP contribution < -0.4 is 11.3 Å². The first-order valence-electron chi connectivity index (χ1n) is 6.37. The highest BCUT2D eigenvalue weighted by atomic mass is 16.2. The van der Waals surface area contributed by atoms with E-state index in [1.165, 1.54) is 6.07 Å². The van der Waals surface area contributed by atoms with Crippen LogP contribution in [0.15, 0.2) is 29.2 Å². The first-order chi connectivity index (χ1) is 8.72. The molecular weight excluding hydrogens is 230 g/mol. The number of carbonyl (C=O) groups is 1. The summed E-state index contributed by atoms with van der Waals surface area (Å²) in [6.07, 6.45) is 4.09. The lowest BCUT2D eigenvalue weighted by molar-refractivity contribution is -0.132. The van der Waals surface area contributed by atoms with Crippen molar-refractivity contribution in [1.82, 2.24) is 9.47 Å². The number of likely N-dealkylation sites (tertiary alicyclic amines) is 1. The first-order valence-corrected chi connectivity index (χ1v) is 6.37. The third-order valence-corrected chi connectivity index (χ3v) is 3.44. The second-order valence-electron chi connectivity index (χ2n) is 4.60. The van der Waals surface area contributed by atoms with Crippen LogP contribution in [0.1, 0.15) is 19.3 Å². The molecule has 0 bridgehead atoms. The van der Waals surface area contributed by atoms with Gasteiger partial charge < -0.3 is 15.2 Å². The van der Waals surface area contributed by atoms with Crippen molar-refractivity contribution >= 4 is 5.91 Å². The smallest absolute Gasteiger partial charge is 0.250 e. The van der Waals surface area contributed by atoms with Gasteiger partial charge >= 0.3 is 0 Å². The molecule has 0 spiro atoms. The van der Waals surface area contributed by atoms with Crippen LogP contribution in [0.5, 0.6) is 0 Å². The number of hydrogen-bond donors (Lipinski definition) is 1. The zero-order chi connectivity index (χ0) is 13.0. The summed E-state index contributed by atoms with van der Waals surface area (Å²) in [7, 11) is 0. The van der Waals surface area contributed by atoms with Crippen molar-refractivity contribution in [2.45, 2.75) is 31.8 Å². The lowest BCUT2D eigenvalue weighted by Gasteiger charge is -2.23. The van der Waals surface area contributed by atoms with Crippen molar-refractivity contribution in [3.8, 4) is 0 Å². The number of aryl methyl sites for hydroxylation is 1. The highest BCUT2D eigenvalue weighted by Gasteiger charge is 2.26. The Hall–Kier alpha value is -1.62. The van der Waals surface area contributed by atoms with Gasteiger partial charge in [-0.2, -0.15) is 0 Å². The number of pyridine rings is 1. The van der Waals surface area contributed by atoms with Crippen molar-refractivity contribution in [3.63, 3.8) is 0 Å². The van der Waals surface area contributed by atoms with Crippen LogP contribution >= 0.6 is 0 Å². The van der Waals surface area contributed by atoms with Gasteiger partial charge in [-0.15, -0.1) is 0 Å². The second-order valence-corrected chi connectivity index (χ2v) is 4.60. The molecule has 0 aromatic carbocycles. The Balaban J connectivity index is 1.92. The molecular formula is C13H19N3O2. The molecule has 18 heavy (non-hydrogen) atoms. The second kappa shape index (κ2) is 5.82. The predicted molar refractivity (Wildman–Crippen MR) is 69.1 cm³/mol. The standard InChI is InChI=1S/C13H19N3O2/c14-10-11-4-3-8-16(11)13(18)6-9-15-7-2-1-5-12(15)17/h1-2,5,7,11H,3-4,6,8-10,14H2/t11-/m1/s1. The minimum atomic E-state index is -0.0675. The van der Waals surface area contributed by atoms with E-state index in [1.54, 1.807) is 22.9 Å². The molecule has 1 aromatic rings. The van der Waals surface area contributed by atoms with Gasteiger partial charge in [-0.3, -0.25) is 9.59 Å². The van der Waals surface area contributed by atoms with Crippen LogP contribution in [-0.2, 0) is 11.3 Å². The summed E-state index contributed by atoms with van der Waals surface area (Å²) in [6, 6.07) is 5.18. The molecule has 2 rings (SSSR count). The van der Waals surface area contributed by atoms with E-state index in [2.05, 4.69) is 0 Å². The van der Waals surface area contributed by atoms with Crippen LogP contribution in [0.25, 0.3) is 0 Å². The van der Waals surface area contributed by atoms with Crippen molar-refractivity contribution in [2.24, 2.45) is 5.73 Å². The number of carbonyl (C=O) groups excluding carboxylic acids is 1. The predicted octanol–water partition coefficient (Wildman–Crippen LogP) is 0.188. The summed E-state index contributed by atoms with van der Waals surface area (Å²) < 4.78 is 1.56. The van der Waals surface area contributed by atoms with Gasteiger partial charge in [-0.25, -0.2) is 0 Å². The van der Waals surface area contributed by atoms with E-state index in [0.29, 0.717) is 19.5 Å². The quantitative estimate of drug-likeness (QED) is 0.828. The molecule has 1 aromatic heterocycles. The van der Waals surface area contributed by atoms with E-state index in [9.17, 15) is 9.59 Å². The molecule has 1 aliphatic heterocycles. The number of aromatic nitrogens is 1. The SMILES string of the molecule is NC[C@H]1CCCN1C(=O)CCn1ccccc1=O. The molecule has 1 aliphatic rings. The van der Waals surface area contributed by atoms with Crippen molar-refractivity contribution < 1.29 is 4.79 Å². The minimum Gasteiger partial charge on any atom is -0.338 e. The minimum absolute atomic E-state index is 0.0675. The maximum atomic E-state index is 12.1. The number of amides is 1. The van der Waals surface area contributed by atoms with E-state index < -0.39 is 0 Å². The number of hydrogen-bond acceptors (Lipinski definition) is 3. The van der Waals surface area contributed by atoms with Gasteiger partial charge in [-0.05, 0) is 18.9 Å². The summed E-state index contributed by atoms with van der Waals surface area (Å²) in [4.78, 5) is 25.4. The van der Waals surface area contributed by atoms with Crippen LogP contribution in [-0.4, -0.2) is 34.5 Å². The fourth-order valence-electron chi connectivity index (χ4n) is 2.41.